The van der Waals surface area contributed by atoms with Crippen LogP contribution in [0.15, 0.2) is 6.20 Å². The van der Waals surface area contributed by atoms with Gasteiger partial charge in [0, 0.05) is 35.3 Å². The van der Waals surface area contributed by atoms with E-state index in [2.05, 4.69) is 37.3 Å². The first-order chi connectivity index (χ1) is 7.67. The normalized spacial score (nSPS) is 13.3. The van der Waals surface area contributed by atoms with Gasteiger partial charge in [-0.2, -0.15) is 11.8 Å². The zero-order valence-corrected chi connectivity index (χ0v) is 12.3. The predicted octanol–water partition coefficient (Wildman–Crippen LogP) is 3.50. The van der Waals surface area contributed by atoms with Gasteiger partial charge in [-0.25, -0.2) is 4.98 Å². The molecule has 16 heavy (non-hydrogen) atoms. The molecule has 1 heterocycles. The lowest BCUT2D eigenvalue weighted by Gasteiger charge is -2.14. The Hall–Kier alpha value is -0.0600. The van der Waals surface area contributed by atoms with Crippen LogP contribution in [0.25, 0.3) is 0 Å². The van der Waals surface area contributed by atoms with Crippen molar-refractivity contribution >= 4 is 23.1 Å². The van der Waals surface area contributed by atoms with Crippen LogP contribution in [0.2, 0.25) is 0 Å². The molecule has 0 aromatic carbocycles. The van der Waals surface area contributed by atoms with Crippen molar-refractivity contribution in [2.45, 2.75) is 45.7 Å². The molecule has 0 saturated carbocycles. The fourth-order valence-corrected chi connectivity index (χ4v) is 3.07. The molecule has 2 nitrogen and oxygen atoms in total. The quantitative estimate of drug-likeness (QED) is 0.810. The molecule has 1 N–H and O–H groups in total. The third kappa shape index (κ3) is 4.44. The van der Waals surface area contributed by atoms with E-state index in [0.29, 0.717) is 12.0 Å². The van der Waals surface area contributed by atoms with Crippen molar-refractivity contribution in [1.29, 1.82) is 0 Å². The number of nitrogens with zero attached hydrogens (tertiary/aromatic N) is 1. The first-order valence-electron chi connectivity index (χ1n) is 5.84. The van der Waals surface area contributed by atoms with Crippen LogP contribution in [0.5, 0.6) is 0 Å². The van der Waals surface area contributed by atoms with Gasteiger partial charge in [-0.3, -0.25) is 0 Å². The Morgan fingerprint density at radius 2 is 2.25 bits per heavy atom. The maximum absolute atomic E-state index is 4.44. The molecule has 0 radical (unpaired) electrons. The highest BCUT2D eigenvalue weighted by atomic mass is 32.2. The predicted molar refractivity (Wildman–Crippen MR) is 75.5 cm³/mol. The molecule has 1 aromatic rings. The number of rotatable bonds is 7. The fraction of sp³-hybridized carbons (Fsp3) is 0.750. The molecule has 1 aromatic heterocycles. The van der Waals surface area contributed by atoms with Crippen molar-refractivity contribution in [3.8, 4) is 0 Å². The number of thioether (sulfide) groups is 1. The van der Waals surface area contributed by atoms with Crippen molar-refractivity contribution in [3.63, 3.8) is 0 Å². The smallest absolute Gasteiger partial charge is 0.0953 e. The Labute approximate surface area is 107 Å². The van der Waals surface area contributed by atoms with E-state index in [1.54, 1.807) is 0 Å². The first-order valence-corrected chi connectivity index (χ1v) is 8.05. The van der Waals surface area contributed by atoms with Gasteiger partial charge in [0.05, 0.1) is 5.01 Å². The van der Waals surface area contributed by atoms with Gasteiger partial charge in [-0.1, -0.05) is 20.8 Å². The highest BCUT2D eigenvalue weighted by Gasteiger charge is 2.08. The molecule has 0 amide bonds. The van der Waals surface area contributed by atoms with Crippen molar-refractivity contribution in [2.75, 3.05) is 12.0 Å². The lowest BCUT2D eigenvalue weighted by atomic mass is 10.2. The number of thiazole rings is 1. The van der Waals surface area contributed by atoms with Crippen molar-refractivity contribution < 1.29 is 0 Å². The van der Waals surface area contributed by atoms with Gasteiger partial charge in [0.25, 0.3) is 0 Å². The third-order valence-electron chi connectivity index (χ3n) is 2.49. The van der Waals surface area contributed by atoms with E-state index in [0.717, 1.165) is 6.54 Å². The zero-order valence-electron chi connectivity index (χ0n) is 10.6. The highest BCUT2D eigenvalue weighted by molar-refractivity contribution is 7.98. The standard InChI is InChI=1S/C12H22N2S2/c1-5-10(8-15-4)13-6-11-7-14-12(16-11)9(2)3/h7,9-10,13H,5-6,8H2,1-4H3. The van der Waals surface area contributed by atoms with Gasteiger partial charge < -0.3 is 5.32 Å². The summed E-state index contributed by atoms with van der Waals surface area (Å²) in [5.41, 5.74) is 0. The molecule has 0 saturated heterocycles. The average Bonchev–Trinajstić information content (AvgIpc) is 2.73. The lowest BCUT2D eigenvalue weighted by molar-refractivity contribution is 0.544. The molecule has 4 heteroatoms. The van der Waals surface area contributed by atoms with Crippen LogP contribution in [-0.4, -0.2) is 23.0 Å². The molecular weight excluding hydrogens is 236 g/mol. The van der Waals surface area contributed by atoms with Crippen LogP contribution in [0.1, 0.15) is 43.0 Å². The van der Waals surface area contributed by atoms with Gasteiger partial charge in [-0.15, -0.1) is 11.3 Å². The van der Waals surface area contributed by atoms with Crippen LogP contribution in [0.3, 0.4) is 0 Å². The summed E-state index contributed by atoms with van der Waals surface area (Å²) in [5, 5.41) is 4.83. The van der Waals surface area contributed by atoms with Crippen LogP contribution < -0.4 is 5.32 Å². The van der Waals surface area contributed by atoms with Crippen molar-refractivity contribution in [2.24, 2.45) is 0 Å². The van der Waals surface area contributed by atoms with E-state index >= 15 is 0 Å². The monoisotopic (exact) mass is 258 g/mol. The fourth-order valence-electron chi connectivity index (χ4n) is 1.44. The van der Waals surface area contributed by atoms with Gasteiger partial charge in [-0.05, 0) is 12.7 Å². The third-order valence-corrected chi connectivity index (χ3v) is 4.52. The van der Waals surface area contributed by atoms with Crippen LogP contribution in [0, 0.1) is 0 Å². The summed E-state index contributed by atoms with van der Waals surface area (Å²) in [6.45, 7) is 7.58. The average molecular weight is 258 g/mol. The molecule has 0 aliphatic carbocycles. The van der Waals surface area contributed by atoms with E-state index in [1.165, 1.54) is 22.1 Å². The largest absolute Gasteiger partial charge is 0.308 e. The van der Waals surface area contributed by atoms with Gasteiger partial charge >= 0.3 is 0 Å². The maximum atomic E-state index is 4.44. The molecule has 0 aliphatic heterocycles. The summed E-state index contributed by atoms with van der Waals surface area (Å²) >= 11 is 3.74. The van der Waals surface area contributed by atoms with Crippen LogP contribution >= 0.6 is 23.1 Å². The molecule has 1 rings (SSSR count). The SMILES string of the molecule is CCC(CSC)NCc1cnc(C(C)C)s1. The summed E-state index contributed by atoms with van der Waals surface area (Å²) in [4.78, 5) is 5.79. The Balaban J connectivity index is 2.41. The second-order valence-corrected chi connectivity index (χ2v) is 6.32. The second-order valence-electron chi connectivity index (χ2n) is 4.26. The van der Waals surface area contributed by atoms with Gasteiger partial charge in [0.15, 0.2) is 0 Å². The summed E-state index contributed by atoms with van der Waals surface area (Å²) in [6.07, 6.45) is 5.36. The molecular formula is C12H22N2S2. The van der Waals surface area contributed by atoms with Crippen molar-refractivity contribution in [3.05, 3.63) is 16.1 Å². The summed E-state index contributed by atoms with van der Waals surface area (Å²) in [7, 11) is 0. The molecule has 0 bridgehead atoms. The number of hydrogen-bond donors (Lipinski definition) is 1. The topological polar surface area (TPSA) is 24.9 Å². The van der Waals surface area contributed by atoms with E-state index < -0.39 is 0 Å². The minimum Gasteiger partial charge on any atom is -0.308 e. The maximum Gasteiger partial charge on any atom is 0.0953 e. The van der Waals surface area contributed by atoms with E-state index in [-0.39, 0.29) is 0 Å². The van der Waals surface area contributed by atoms with Crippen molar-refractivity contribution in [1.82, 2.24) is 10.3 Å². The molecule has 0 spiro atoms. The van der Waals surface area contributed by atoms with Crippen LogP contribution in [0.4, 0.5) is 0 Å². The number of hydrogen-bond acceptors (Lipinski definition) is 4. The molecule has 0 aliphatic rings. The molecule has 1 unspecified atom stereocenters. The number of aromatic nitrogens is 1. The Bertz CT molecular complexity index is 297. The van der Waals surface area contributed by atoms with Gasteiger partial charge in [0.1, 0.15) is 0 Å². The van der Waals surface area contributed by atoms with E-state index in [4.69, 9.17) is 0 Å². The Morgan fingerprint density at radius 3 is 2.75 bits per heavy atom. The minimum absolute atomic E-state index is 0.548. The van der Waals surface area contributed by atoms with E-state index in [9.17, 15) is 0 Å². The molecule has 1 atom stereocenters. The van der Waals surface area contributed by atoms with E-state index in [1.807, 2.05) is 29.3 Å². The highest BCUT2D eigenvalue weighted by Crippen LogP contribution is 2.21. The van der Waals surface area contributed by atoms with Crippen LogP contribution in [-0.2, 0) is 6.54 Å². The molecule has 0 fully saturated rings. The lowest BCUT2D eigenvalue weighted by Crippen LogP contribution is -2.29. The molecule has 92 valence electrons. The summed E-state index contributed by atoms with van der Waals surface area (Å²) in [6, 6.07) is 0.625. The summed E-state index contributed by atoms with van der Waals surface area (Å²) < 4.78 is 0. The second kappa shape index (κ2) is 7.30. The number of nitrogens with one attached hydrogen (secondary N) is 1. The zero-order chi connectivity index (χ0) is 12.0. The minimum atomic E-state index is 0.548. The van der Waals surface area contributed by atoms with Gasteiger partial charge in [0.2, 0.25) is 0 Å². The first kappa shape index (κ1) is 14.0. The Morgan fingerprint density at radius 1 is 1.50 bits per heavy atom. The Kier molecular flexibility index (Phi) is 6.39. The summed E-state index contributed by atoms with van der Waals surface area (Å²) in [5.74, 6) is 1.73.